The average Bonchev–Trinajstić information content (AvgIpc) is 2.78. The van der Waals surface area contributed by atoms with E-state index in [0.717, 1.165) is 17.5 Å². The van der Waals surface area contributed by atoms with Crippen LogP contribution in [0.3, 0.4) is 0 Å². The predicted molar refractivity (Wildman–Crippen MR) is 145 cm³/mol. The van der Waals surface area contributed by atoms with Crippen molar-refractivity contribution in [1.29, 1.82) is 0 Å². The lowest BCUT2D eigenvalue weighted by Crippen LogP contribution is -2.19. The lowest BCUT2D eigenvalue weighted by atomic mass is 10.1. The van der Waals surface area contributed by atoms with Gasteiger partial charge in [0.25, 0.3) is 10.0 Å². The fourth-order valence-corrected chi connectivity index (χ4v) is 4.67. The van der Waals surface area contributed by atoms with Gasteiger partial charge in [-0.15, -0.1) is 0 Å². The van der Waals surface area contributed by atoms with E-state index in [1.807, 2.05) is 24.3 Å². The molecule has 0 saturated carbocycles. The van der Waals surface area contributed by atoms with Gasteiger partial charge in [0.1, 0.15) is 6.29 Å². The molecular weight excluding hydrogens is 537 g/mol. The van der Waals surface area contributed by atoms with Gasteiger partial charge in [0.2, 0.25) is 0 Å². The van der Waals surface area contributed by atoms with Crippen molar-refractivity contribution in [2.75, 3.05) is 15.4 Å². The van der Waals surface area contributed by atoms with Crippen LogP contribution in [-0.4, -0.2) is 19.8 Å². The summed E-state index contributed by atoms with van der Waals surface area (Å²) in [5.74, 6) is 0. The van der Waals surface area contributed by atoms with E-state index in [0.29, 0.717) is 16.4 Å². The molecule has 6 nitrogen and oxygen atoms in total. The van der Waals surface area contributed by atoms with Gasteiger partial charge in [0.05, 0.1) is 25.7 Å². The maximum absolute atomic E-state index is 12.7. The summed E-state index contributed by atoms with van der Waals surface area (Å²) in [7, 11) is -3.88. The van der Waals surface area contributed by atoms with Crippen molar-refractivity contribution in [2.45, 2.75) is 11.8 Å². The van der Waals surface area contributed by atoms with E-state index in [9.17, 15) is 13.2 Å². The van der Waals surface area contributed by atoms with E-state index >= 15 is 0 Å². The Balaban J connectivity index is 1.63. The Kier molecular flexibility index (Phi) is 8.57. The number of allylic oxidation sites excluding steroid dienone is 1. The normalized spacial score (nSPS) is 11.6. The Bertz CT molecular complexity index is 1340. The molecule has 34 heavy (non-hydrogen) atoms. The number of halogens is 3. The van der Waals surface area contributed by atoms with Crippen molar-refractivity contribution in [2.24, 2.45) is 0 Å². The lowest BCUT2D eigenvalue weighted by molar-refractivity contribution is -0.104. The molecule has 0 amide bonds. The molecule has 11 heteroatoms. The zero-order chi connectivity index (χ0) is 24.9. The van der Waals surface area contributed by atoms with Gasteiger partial charge in [0, 0.05) is 11.4 Å². The summed E-state index contributed by atoms with van der Waals surface area (Å²) in [5, 5.41) is 6.77. The number of anilines is 3. The van der Waals surface area contributed by atoms with Crippen LogP contribution in [0.5, 0.6) is 0 Å². The molecule has 3 aromatic rings. The number of nitrogens with one attached hydrogen (secondary N) is 3. The van der Waals surface area contributed by atoms with Crippen molar-refractivity contribution in [3.05, 3.63) is 86.9 Å². The van der Waals surface area contributed by atoms with E-state index in [1.165, 1.54) is 24.3 Å². The van der Waals surface area contributed by atoms with Gasteiger partial charge in [-0.2, -0.15) is 0 Å². The maximum atomic E-state index is 12.7. The molecular formula is C23H18Cl3N3O3S2. The molecule has 0 fully saturated rings. The van der Waals surface area contributed by atoms with Gasteiger partial charge in [0.15, 0.2) is 5.11 Å². The largest absolute Gasteiger partial charge is 0.332 e. The summed E-state index contributed by atoms with van der Waals surface area (Å²) in [5.41, 5.74) is 3.05. The van der Waals surface area contributed by atoms with Crippen LogP contribution in [0.2, 0.25) is 15.1 Å². The van der Waals surface area contributed by atoms with Crippen LogP contribution < -0.4 is 15.4 Å². The second-order valence-corrected chi connectivity index (χ2v) is 10.4. The average molecular weight is 555 g/mol. The highest BCUT2D eigenvalue weighted by molar-refractivity contribution is 7.92. The van der Waals surface area contributed by atoms with E-state index in [4.69, 9.17) is 47.0 Å². The number of hydrogen-bond donors (Lipinski definition) is 3. The quantitative estimate of drug-likeness (QED) is 0.128. The second-order valence-electron chi connectivity index (χ2n) is 7.09. The standard InChI is InChI=1S/C23H18Cl3N3O3S2/c1-14(13-30)10-15-2-4-16(5-3-15)27-23(33)28-17-6-8-19(9-7-17)34(31,32)29-18-11-20(24)22(26)21(25)12-18/h2-13,29H,1H3,(H2,27,28,33)/b14-10+. The van der Waals surface area contributed by atoms with Gasteiger partial charge in [-0.05, 0) is 84.9 Å². The van der Waals surface area contributed by atoms with E-state index in [1.54, 1.807) is 25.1 Å². The summed E-state index contributed by atoms with van der Waals surface area (Å²) in [4.78, 5) is 10.8. The third-order valence-electron chi connectivity index (χ3n) is 4.41. The van der Waals surface area contributed by atoms with E-state index < -0.39 is 10.0 Å². The summed E-state index contributed by atoms with van der Waals surface area (Å²) < 4.78 is 27.8. The molecule has 3 N–H and O–H groups in total. The van der Waals surface area contributed by atoms with E-state index in [-0.39, 0.29) is 25.7 Å². The zero-order valence-corrected chi connectivity index (χ0v) is 21.5. The number of hydrogen-bond acceptors (Lipinski definition) is 4. The number of thiocarbonyl (C=S) groups is 1. The highest BCUT2D eigenvalue weighted by Crippen LogP contribution is 2.34. The summed E-state index contributed by atoms with van der Waals surface area (Å²) in [6.45, 7) is 1.73. The van der Waals surface area contributed by atoms with Crippen LogP contribution in [0.4, 0.5) is 17.1 Å². The van der Waals surface area contributed by atoms with Crippen LogP contribution in [0.15, 0.2) is 71.1 Å². The zero-order valence-electron chi connectivity index (χ0n) is 17.6. The summed E-state index contributed by atoms with van der Waals surface area (Å²) >= 11 is 23.1. The molecule has 0 heterocycles. The van der Waals surface area contributed by atoms with Crippen molar-refractivity contribution in [1.82, 2.24) is 0 Å². The molecule has 0 aliphatic carbocycles. The molecule has 3 rings (SSSR count). The Morgan fingerprint density at radius 3 is 1.85 bits per heavy atom. The van der Waals surface area contributed by atoms with E-state index in [2.05, 4.69) is 15.4 Å². The van der Waals surface area contributed by atoms with Crippen molar-refractivity contribution >= 4 is 91.6 Å². The molecule has 0 atom stereocenters. The number of sulfonamides is 1. The minimum atomic E-state index is -3.88. The number of carbonyl (C=O) groups excluding carboxylic acids is 1. The molecule has 0 radical (unpaired) electrons. The molecule has 0 unspecified atom stereocenters. The molecule has 0 saturated heterocycles. The first-order chi connectivity index (χ1) is 16.1. The Morgan fingerprint density at radius 2 is 1.35 bits per heavy atom. The van der Waals surface area contributed by atoms with Crippen LogP contribution in [0.25, 0.3) is 6.08 Å². The molecule has 3 aromatic carbocycles. The first kappa shape index (κ1) is 26.0. The Labute approximate surface area is 218 Å². The number of rotatable bonds is 7. The highest BCUT2D eigenvalue weighted by Gasteiger charge is 2.16. The second kappa shape index (κ2) is 11.2. The topological polar surface area (TPSA) is 87.3 Å². The highest BCUT2D eigenvalue weighted by atomic mass is 35.5. The molecule has 0 bridgehead atoms. The van der Waals surface area contributed by atoms with Gasteiger partial charge < -0.3 is 10.6 Å². The first-order valence-corrected chi connectivity index (χ1v) is 12.7. The number of carbonyl (C=O) groups is 1. The minimum absolute atomic E-state index is 0.0355. The maximum Gasteiger partial charge on any atom is 0.261 e. The van der Waals surface area contributed by atoms with Gasteiger partial charge in [-0.3, -0.25) is 9.52 Å². The fraction of sp³-hybridized carbons (Fsp3) is 0.0435. The SMILES string of the molecule is C/C(C=O)=C\c1ccc(NC(=S)Nc2ccc(S(=O)(=O)Nc3cc(Cl)c(Cl)c(Cl)c3)cc2)cc1. The van der Waals surface area contributed by atoms with Crippen LogP contribution in [0.1, 0.15) is 12.5 Å². The fourth-order valence-electron chi connectivity index (χ4n) is 2.80. The molecule has 0 spiro atoms. The Morgan fingerprint density at radius 1 is 0.853 bits per heavy atom. The van der Waals surface area contributed by atoms with Crippen molar-refractivity contribution < 1.29 is 13.2 Å². The number of aldehydes is 1. The van der Waals surface area contributed by atoms with Crippen molar-refractivity contribution in [3.8, 4) is 0 Å². The molecule has 0 aliphatic heterocycles. The molecule has 0 aliphatic rings. The monoisotopic (exact) mass is 553 g/mol. The first-order valence-electron chi connectivity index (χ1n) is 9.66. The van der Waals surface area contributed by atoms with Crippen LogP contribution in [0, 0.1) is 0 Å². The Hall–Kier alpha value is -2.62. The molecule has 176 valence electrons. The molecule has 0 aromatic heterocycles. The van der Waals surface area contributed by atoms with Gasteiger partial charge >= 0.3 is 0 Å². The number of benzene rings is 3. The summed E-state index contributed by atoms with van der Waals surface area (Å²) in [6.07, 6.45) is 2.56. The third kappa shape index (κ3) is 6.94. The van der Waals surface area contributed by atoms with Crippen molar-refractivity contribution in [3.63, 3.8) is 0 Å². The minimum Gasteiger partial charge on any atom is -0.332 e. The predicted octanol–water partition coefficient (Wildman–Crippen LogP) is 6.86. The van der Waals surface area contributed by atoms with Gasteiger partial charge in [-0.1, -0.05) is 46.9 Å². The van der Waals surface area contributed by atoms with Gasteiger partial charge in [-0.25, -0.2) is 8.42 Å². The van der Waals surface area contributed by atoms with Crippen LogP contribution in [-0.2, 0) is 14.8 Å². The smallest absolute Gasteiger partial charge is 0.261 e. The summed E-state index contributed by atoms with van der Waals surface area (Å²) in [6, 6.07) is 16.1. The lowest BCUT2D eigenvalue weighted by Gasteiger charge is -2.12. The third-order valence-corrected chi connectivity index (χ3v) is 7.21. The van der Waals surface area contributed by atoms with Crippen LogP contribution >= 0.6 is 47.0 Å².